The molecule has 1 atom stereocenters. The number of carbonyl (C=O) groups excluding carboxylic acids is 2. The summed E-state index contributed by atoms with van der Waals surface area (Å²) in [5.74, 6) is -0.922. The normalized spacial score (nSPS) is 23.5. The minimum atomic E-state index is -0.464. The molecule has 1 aliphatic carbocycles. The monoisotopic (exact) mass is 372 g/mol. The van der Waals surface area contributed by atoms with Crippen LogP contribution in [0.4, 0.5) is 0 Å². The van der Waals surface area contributed by atoms with Crippen molar-refractivity contribution in [2.24, 2.45) is 0 Å². The van der Waals surface area contributed by atoms with Gasteiger partial charge in [0.05, 0.1) is 39.1 Å². The van der Waals surface area contributed by atoms with Gasteiger partial charge in [-0.05, 0) is 17.2 Å². The van der Waals surface area contributed by atoms with Gasteiger partial charge in [-0.3, -0.25) is 0 Å². The Bertz CT molecular complexity index is 650. The lowest BCUT2D eigenvalue weighted by Crippen LogP contribution is -2.24. The molecule has 0 aromatic heterocycles. The number of hydrogen-bond donors (Lipinski definition) is 0. The van der Waals surface area contributed by atoms with Crippen LogP contribution in [-0.4, -0.2) is 31.4 Å². The highest BCUT2D eigenvalue weighted by molar-refractivity contribution is 8.33. The van der Waals surface area contributed by atoms with Crippen LogP contribution >= 0.6 is 47.0 Å². The summed E-state index contributed by atoms with van der Waals surface area (Å²) in [4.78, 5) is 25.2. The Labute approximate surface area is 145 Å². The van der Waals surface area contributed by atoms with Crippen molar-refractivity contribution in [1.82, 2.24) is 0 Å². The Balaban J connectivity index is 1.97. The molecular weight excluding hydrogens is 360 g/mol. The summed E-state index contributed by atoms with van der Waals surface area (Å²) in [5, 5.41) is 3.91. The summed E-state index contributed by atoms with van der Waals surface area (Å²) >= 11 is 6.64. The number of esters is 2. The molecule has 22 heavy (non-hydrogen) atoms. The molecule has 3 aliphatic rings. The van der Waals surface area contributed by atoms with Crippen LogP contribution in [0.1, 0.15) is 6.42 Å². The first-order valence-corrected chi connectivity index (χ1v) is 9.78. The van der Waals surface area contributed by atoms with Crippen LogP contribution in [0.15, 0.2) is 41.4 Å². The van der Waals surface area contributed by atoms with E-state index in [1.54, 1.807) is 47.0 Å². The second kappa shape index (κ2) is 6.82. The van der Waals surface area contributed by atoms with Gasteiger partial charge in [0, 0.05) is 4.91 Å². The Morgan fingerprint density at radius 1 is 1.09 bits per heavy atom. The van der Waals surface area contributed by atoms with Crippen molar-refractivity contribution in [2.75, 3.05) is 14.2 Å². The van der Waals surface area contributed by atoms with Crippen molar-refractivity contribution in [3.8, 4) is 0 Å². The van der Waals surface area contributed by atoms with Gasteiger partial charge >= 0.3 is 11.9 Å². The first-order valence-electron chi connectivity index (χ1n) is 6.32. The summed E-state index contributed by atoms with van der Waals surface area (Å²) in [5.41, 5.74) is 0.813. The maximum atomic E-state index is 12.2. The van der Waals surface area contributed by atoms with Crippen molar-refractivity contribution in [1.29, 1.82) is 0 Å². The van der Waals surface area contributed by atoms with E-state index in [9.17, 15) is 9.59 Å². The number of hydrogen-bond acceptors (Lipinski definition) is 8. The van der Waals surface area contributed by atoms with E-state index in [1.165, 1.54) is 22.7 Å². The number of methoxy groups -OCH3 is 2. The van der Waals surface area contributed by atoms with E-state index in [-0.39, 0.29) is 5.25 Å². The van der Waals surface area contributed by atoms with Crippen molar-refractivity contribution in [3.05, 3.63) is 41.4 Å². The fourth-order valence-electron chi connectivity index (χ4n) is 2.22. The summed E-state index contributed by atoms with van der Waals surface area (Å²) in [6.45, 7) is 0. The van der Waals surface area contributed by atoms with Crippen molar-refractivity contribution < 1.29 is 19.1 Å². The number of ether oxygens (including phenoxy) is 2. The third-order valence-corrected chi connectivity index (χ3v) is 8.70. The summed E-state index contributed by atoms with van der Waals surface area (Å²) in [6.07, 6.45) is 2.41. The fraction of sp³-hybridized carbons (Fsp3) is 0.286. The average molecular weight is 373 g/mol. The van der Waals surface area contributed by atoms with E-state index in [4.69, 9.17) is 9.47 Å². The van der Waals surface area contributed by atoms with Gasteiger partial charge in [-0.1, -0.05) is 41.4 Å². The molecule has 1 saturated heterocycles. The highest BCUT2D eigenvalue weighted by atomic mass is 32.2. The maximum Gasteiger partial charge on any atom is 0.335 e. The third kappa shape index (κ3) is 2.89. The highest BCUT2D eigenvalue weighted by Gasteiger charge is 2.40. The molecule has 1 unspecified atom stereocenters. The number of allylic oxidation sites excluding steroid dienone is 1. The molecule has 8 heteroatoms. The molecule has 2 aliphatic heterocycles. The zero-order valence-electron chi connectivity index (χ0n) is 11.8. The molecule has 3 rings (SSSR count). The zero-order valence-corrected chi connectivity index (χ0v) is 15.0. The Hall–Kier alpha value is -0.700. The molecule has 0 bridgehead atoms. The summed E-state index contributed by atoms with van der Waals surface area (Å²) in [6, 6.07) is 0. The van der Waals surface area contributed by atoms with Crippen LogP contribution in [0.2, 0.25) is 0 Å². The Morgan fingerprint density at radius 2 is 1.77 bits per heavy atom. The van der Waals surface area contributed by atoms with Gasteiger partial charge in [0.2, 0.25) is 0 Å². The number of carbonyl (C=O) groups is 2. The lowest BCUT2D eigenvalue weighted by Gasteiger charge is -2.20. The van der Waals surface area contributed by atoms with E-state index >= 15 is 0 Å². The topological polar surface area (TPSA) is 52.6 Å². The van der Waals surface area contributed by atoms with Gasteiger partial charge in [0.25, 0.3) is 0 Å². The second-order valence-corrected chi connectivity index (χ2v) is 8.92. The van der Waals surface area contributed by atoms with Crippen LogP contribution in [0.3, 0.4) is 0 Å². The minimum absolute atomic E-state index is 0.176. The Kier molecular flexibility index (Phi) is 5.01. The predicted octanol–water partition coefficient (Wildman–Crippen LogP) is 3.84. The fourth-order valence-corrected chi connectivity index (χ4v) is 7.40. The molecule has 0 radical (unpaired) electrons. The quantitative estimate of drug-likeness (QED) is 0.678. The lowest BCUT2D eigenvalue weighted by atomic mass is 9.96. The minimum Gasteiger partial charge on any atom is -0.466 e. The van der Waals surface area contributed by atoms with E-state index in [1.807, 2.05) is 16.9 Å². The van der Waals surface area contributed by atoms with E-state index in [0.717, 1.165) is 4.91 Å². The zero-order chi connectivity index (χ0) is 15.7. The van der Waals surface area contributed by atoms with Crippen LogP contribution in [0, 0.1) is 0 Å². The SMILES string of the molecule is COC(=O)C1=C(C(=O)OC)C2SC(=C3SC=CS3)SC2=CC1. The first-order chi connectivity index (χ1) is 10.7. The smallest absolute Gasteiger partial charge is 0.335 e. The molecule has 0 N–H and O–H groups in total. The van der Waals surface area contributed by atoms with Crippen molar-refractivity contribution >= 4 is 59.0 Å². The van der Waals surface area contributed by atoms with Crippen LogP contribution < -0.4 is 0 Å². The van der Waals surface area contributed by atoms with Crippen molar-refractivity contribution in [3.63, 3.8) is 0 Å². The summed E-state index contributed by atoms with van der Waals surface area (Å²) in [7, 11) is 2.66. The number of rotatable bonds is 2. The van der Waals surface area contributed by atoms with Gasteiger partial charge in [-0.2, -0.15) is 0 Å². The predicted molar refractivity (Wildman–Crippen MR) is 94.1 cm³/mol. The van der Waals surface area contributed by atoms with Gasteiger partial charge in [-0.15, -0.1) is 11.8 Å². The van der Waals surface area contributed by atoms with Crippen LogP contribution in [0.5, 0.6) is 0 Å². The van der Waals surface area contributed by atoms with Gasteiger partial charge in [0.1, 0.15) is 0 Å². The molecule has 4 nitrogen and oxygen atoms in total. The molecular formula is C14H12O4S4. The standard InChI is InChI=1S/C14H12O4S4/c1-17-11(15)7-3-4-8-10(9(7)12(16)18-2)22-14(21-8)13-19-5-6-20-13/h4-6,10H,3H2,1-2H3. The summed E-state index contributed by atoms with van der Waals surface area (Å²) < 4.78 is 12.1. The molecule has 1 fully saturated rings. The van der Waals surface area contributed by atoms with Gasteiger partial charge in [0.15, 0.2) is 0 Å². The Morgan fingerprint density at radius 3 is 2.41 bits per heavy atom. The van der Waals surface area contributed by atoms with Gasteiger partial charge in [-0.25, -0.2) is 9.59 Å². The van der Waals surface area contributed by atoms with E-state index in [2.05, 4.69) is 0 Å². The third-order valence-electron chi connectivity index (χ3n) is 3.20. The number of fused-ring (bicyclic) bond motifs is 1. The van der Waals surface area contributed by atoms with Crippen molar-refractivity contribution in [2.45, 2.75) is 11.7 Å². The first kappa shape index (κ1) is 16.2. The molecule has 0 aromatic carbocycles. The maximum absolute atomic E-state index is 12.2. The van der Waals surface area contributed by atoms with Gasteiger partial charge < -0.3 is 9.47 Å². The molecule has 0 saturated carbocycles. The van der Waals surface area contributed by atoms with E-state index in [0.29, 0.717) is 17.6 Å². The van der Waals surface area contributed by atoms with E-state index < -0.39 is 11.9 Å². The second-order valence-electron chi connectivity index (χ2n) is 4.37. The molecule has 0 amide bonds. The van der Waals surface area contributed by atoms with Crippen LogP contribution in [0.25, 0.3) is 0 Å². The number of thioether (sulfide) groups is 4. The molecule has 0 spiro atoms. The molecule has 116 valence electrons. The van der Waals surface area contributed by atoms with Crippen LogP contribution in [-0.2, 0) is 19.1 Å². The molecule has 2 heterocycles. The molecule has 0 aromatic rings. The lowest BCUT2D eigenvalue weighted by molar-refractivity contribution is -0.139. The largest absolute Gasteiger partial charge is 0.466 e. The average Bonchev–Trinajstić information content (AvgIpc) is 3.20. The highest BCUT2D eigenvalue weighted by Crippen LogP contribution is 2.59.